The summed E-state index contributed by atoms with van der Waals surface area (Å²) in [6, 6.07) is 5.56. The van der Waals surface area contributed by atoms with Crippen molar-refractivity contribution in [3.05, 3.63) is 30.0 Å². The Balaban J connectivity index is 2.35. The number of nitrogens with zero attached hydrogens (tertiary/aromatic N) is 1. The molecule has 4 nitrogen and oxygen atoms in total. The van der Waals surface area contributed by atoms with Gasteiger partial charge in [-0.25, -0.2) is 0 Å². The monoisotopic (exact) mass is 216 g/mol. The summed E-state index contributed by atoms with van der Waals surface area (Å²) in [4.78, 5) is 11.7. The van der Waals surface area contributed by atoms with E-state index in [9.17, 15) is 4.79 Å². The number of aliphatic hydroxyl groups excluding tert-OH is 1. The van der Waals surface area contributed by atoms with E-state index in [4.69, 9.17) is 5.11 Å². The third kappa shape index (κ3) is 1.10. The molecule has 16 heavy (non-hydrogen) atoms. The highest BCUT2D eigenvalue weighted by atomic mass is 16.3. The van der Waals surface area contributed by atoms with E-state index in [1.807, 2.05) is 35.9 Å². The van der Waals surface area contributed by atoms with Crippen molar-refractivity contribution in [1.29, 1.82) is 0 Å². The van der Waals surface area contributed by atoms with Crippen LogP contribution in [0.5, 0.6) is 0 Å². The topological polar surface area (TPSA) is 54.3 Å². The summed E-state index contributed by atoms with van der Waals surface area (Å²) in [6.07, 6.45) is 1.92. The van der Waals surface area contributed by atoms with Crippen LogP contribution in [0.3, 0.4) is 0 Å². The molecule has 0 radical (unpaired) electrons. The molecule has 1 aliphatic rings. The molecule has 0 spiro atoms. The van der Waals surface area contributed by atoms with Crippen LogP contribution in [0.25, 0.3) is 10.9 Å². The lowest BCUT2D eigenvalue weighted by atomic mass is 10.1. The lowest BCUT2D eigenvalue weighted by Gasteiger charge is -2.23. The van der Waals surface area contributed by atoms with Crippen LogP contribution in [-0.2, 0) is 11.4 Å². The van der Waals surface area contributed by atoms with Crippen LogP contribution >= 0.6 is 0 Å². The Morgan fingerprint density at radius 1 is 1.50 bits per heavy atom. The van der Waals surface area contributed by atoms with Gasteiger partial charge < -0.3 is 15.0 Å². The number of carbonyl (C=O) groups is 1. The zero-order valence-electron chi connectivity index (χ0n) is 8.90. The standard InChI is InChI=1S/C12H12N2O2/c1-7-12(16)13-10-5-8(6-15)4-9-2-3-14(7)11(9)10/h2-5,7,15H,6H2,1H3,(H,13,16). The smallest absolute Gasteiger partial charge is 0.247 e. The first-order valence-electron chi connectivity index (χ1n) is 5.26. The van der Waals surface area contributed by atoms with Crippen molar-refractivity contribution in [2.24, 2.45) is 0 Å². The Kier molecular flexibility index (Phi) is 1.82. The van der Waals surface area contributed by atoms with Crippen molar-refractivity contribution in [3.63, 3.8) is 0 Å². The number of aromatic nitrogens is 1. The minimum Gasteiger partial charge on any atom is -0.392 e. The number of hydrogen-bond donors (Lipinski definition) is 2. The van der Waals surface area contributed by atoms with Crippen LogP contribution in [0, 0.1) is 0 Å². The predicted molar refractivity (Wildman–Crippen MR) is 61.2 cm³/mol. The van der Waals surface area contributed by atoms with Gasteiger partial charge in [0.25, 0.3) is 0 Å². The maximum absolute atomic E-state index is 11.7. The van der Waals surface area contributed by atoms with E-state index in [0.29, 0.717) is 0 Å². The molecule has 0 bridgehead atoms. The average molecular weight is 216 g/mol. The summed E-state index contributed by atoms with van der Waals surface area (Å²) in [6.45, 7) is 1.86. The highest BCUT2D eigenvalue weighted by molar-refractivity contribution is 6.06. The Labute approximate surface area is 92.5 Å². The highest BCUT2D eigenvalue weighted by Crippen LogP contribution is 2.33. The number of aliphatic hydroxyl groups is 1. The van der Waals surface area contributed by atoms with Crippen molar-refractivity contribution in [2.75, 3.05) is 5.32 Å². The molecule has 1 aliphatic heterocycles. The quantitative estimate of drug-likeness (QED) is 0.761. The zero-order valence-corrected chi connectivity index (χ0v) is 8.90. The van der Waals surface area contributed by atoms with E-state index in [-0.39, 0.29) is 18.6 Å². The minimum atomic E-state index is -0.176. The van der Waals surface area contributed by atoms with Crippen LogP contribution in [-0.4, -0.2) is 15.6 Å². The Bertz CT molecular complexity index is 586. The van der Waals surface area contributed by atoms with Gasteiger partial charge in [-0.05, 0) is 30.7 Å². The molecule has 1 amide bonds. The third-order valence-corrected chi connectivity index (χ3v) is 3.11. The van der Waals surface area contributed by atoms with E-state index >= 15 is 0 Å². The maximum Gasteiger partial charge on any atom is 0.247 e. The molecular formula is C12H12N2O2. The molecule has 0 aliphatic carbocycles. The normalized spacial score (nSPS) is 18.9. The fourth-order valence-electron chi connectivity index (χ4n) is 2.24. The summed E-state index contributed by atoms with van der Waals surface area (Å²) in [5, 5.41) is 13.1. The lowest BCUT2D eigenvalue weighted by molar-refractivity contribution is -0.118. The molecule has 1 unspecified atom stereocenters. The second-order valence-corrected chi connectivity index (χ2v) is 4.13. The zero-order chi connectivity index (χ0) is 11.3. The number of amides is 1. The second kappa shape index (κ2) is 3.09. The largest absolute Gasteiger partial charge is 0.392 e. The van der Waals surface area contributed by atoms with Crippen molar-refractivity contribution in [3.8, 4) is 0 Å². The predicted octanol–water partition coefficient (Wildman–Crippen LogP) is 1.65. The summed E-state index contributed by atoms with van der Waals surface area (Å²) >= 11 is 0. The number of carbonyl (C=O) groups excluding carboxylic acids is 1. The molecule has 1 aromatic carbocycles. The highest BCUT2D eigenvalue weighted by Gasteiger charge is 2.24. The summed E-state index contributed by atoms with van der Waals surface area (Å²) in [5.74, 6) is -0.0138. The van der Waals surface area contributed by atoms with Gasteiger partial charge >= 0.3 is 0 Å². The van der Waals surface area contributed by atoms with Crippen LogP contribution in [0.15, 0.2) is 24.4 Å². The first kappa shape index (κ1) is 9.42. The Hall–Kier alpha value is -1.81. The molecule has 0 saturated carbocycles. The second-order valence-electron chi connectivity index (χ2n) is 4.13. The molecule has 0 saturated heterocycles. The summed E-state index contributed by atoms with van der Waals surface area (Å²) in [7, 11) is 0. The summed E-state index contributed by atoms with van der Waals surface area (Å²) < 4.78 is 1.96. The Morgan fingerprint density at radius 2 is 2.31 bits per heavy atom. The van der Waals surface area contributed by atoms with E-state index in [1.54, 1.807) is 0 Å². The fourth-order valence-corrected chi connectivity index (χ4v) is 2.24. The van der Waals surface area contributed by atoms with Gasteiger partial charge in [0.05, 0.1) is 17.8 Å². The van der Waals surface area contributed by atoms with Gasteiger partial charge in [-0.1, -0.05) is 0 Å². The van der Waals surface area contributed by atoms with Gasteiger partial charge in [0.1, 0.15) is 6.04 Å². The fraction of sp³-hybridized carbons (Fsp3) is 0.250. The van der Waals surface area contributed by atoms with Crippen LogP contribution in [0.2, 0.25) is 0 Å². The van der Waals surface area contributed by atoms with Gasteiger partial charge in [0.15, 0.2) is 0 Å². The van der Waals surface area contributed by atoms with Gasteiger partial charge in [-0.15, -0.1) is 0 Å². The molecule has 0 fully saturated rings. The molecular weight excluding hydrogens is 204 g/mol. The first-order valence-corrected chi connectivity index (χ1v) is 5.26. The Morgan fingerprint density at radius 3 is 3.06 bits per heavy atom. The molecule has 2 heterocycles. The number of benzene rings is 1. The van der Waals surface area contributed by atoms with Gasteiger partial charge in [-0.2, -0.15) is 0 Å². The molecule has 2 N–H and O–H groups in total. The lowest BCUT2D eigenvalue weighted by Crippen LogP contribution is -2.27. The maximum atomic E-state index is 11.7. The van der Waals surface area contributed by atoms with E-state index in [0.717, 1.165) is 22.2 Å². The SMILES string of the molecule is CC1C(=O)Nc2cc(CO)cc3ccn1c23. The van der Waals surface area contributed by atoms with Crippen molar-refractivity contribution < 1.29 is 9.90 Å². The van der Waals surface area contributed by atoms with Crippen LogP contribution in [0.1, 0.15) is 18.5 Å². The number of rotatable bonds is 1. The van der Waals surface area contributed by atoms with Crippen molar-refractivity contribution in [1.82, 2.24) is 4.57 Å². The average Bonchev–Trinajstić information content (AvgIpc) is 2.70. The van der Waals surface area contributed by atoms with E-state index in [1.165, 1.54) is 0 Å². The van der Waals surface area contributed by atoms with Crippen LogP contribution < -0.4 is 5.32 Å². The minimum absolute atomic E-state index is 0.0138. The molecule has 1 aromatic heterocycles. The molecule has 82 valence electrons. The molecule has 4 heteroatoms. The first-order chi connectivity index (χ1) is 7.70. The van der Waals surface area contributed by atoms with E-state index < -0.39 is 0 Å². The number of anilines is 1. The molecule has 3 rings (SSSR count). The third-order valence-electron chi connectivity index (χ3n) is 3.11. The van der Waals surface area contributed by atoms with Gasteiger partial charge in [0.2, 0.25) is 5.91 Å². The molecule has 1 atom stereocenters. The molecule has 2 aromatic rings. The van der Waals surface area contributed by atoms with E-state index in [2.05, 4.69) is 5.32 Å². The number of hydrogen-bond acceptors (Lipinski definition) is 2. The van der Waals surface area contributed by atoms with Crippen molar-refractivity contribution >= 4 is 22.5 Å². The summed E-state index contributed by atoms with van der Waals surface area (Å²) in [5.41, 5.74) is 2.63. The number of nitrogens with one attached hydrogen (secondary N) is 1. The van der Waals surface area contributed by atoms with Gasteiger partial charge in [0, 0.05) is 11.6 Å². The van der Waals surface area contributed by atoms with Crippen LogP contribution in [0.4, 0.5) is 5.69 Å². The van der Waals surface area contributed by atoms with Crippen molar-refractivity contribution in [2.45, 2.75) is 19.6 Å². The van der Waals surface area contributed by atoms with Gasteiger partial charge in [-0.3, -0.25) is 4.79 Å².